The highest BCUT2D eigenvalue weighted by atomic mass is 32.2. The molecule has 8 nitrogen and oxygen atoms in total. The number of hydrogen-bond donors (Lipinski definition) is 2. The Morgan fingerprint density at radius 3 is 2.62 bits per heavy atom. The van der Waals surface area contributed by atoms with Crippen LogP contribution in [-0.4, -0.2) is 53.9 Å². The van der Waals surface area contributed by atoms with Crippen LogP contribution in [-0.2, 0) is 21.9 Å². The van der Waals surface area contributed by atoms with E-state index >= 15 is 0 Å². The molecule has 0 radical (unpaired) electrons. The summed E-state index contributed by atoms with van der Waals surface area (Å²) in [6.07, 6.45) is 2.30. The number of carboxylic acids is 1. The minimum Gasteiger partial charge on any atom is -0.477 e. The first-order valence-corrected chi connectivity index (χ1v) is 7.86. The Hall–Kier alpha value is -1.87. The zero-order valence-corrected chi connectivity index (χ0v) is 12.6. The van der Waals surface area contributed by atoms with E-state index in [0.717, 1.165) is 10.4 Å². The molecule has 0 aliphatic carbocycles. The second-order valence-electron chi connectivity index (χ2n) is 4.87. The highest BCUT2D eigenvalue weighted by molar-refractivity contribution is 7.89. The van der Waals surface area contributed by atoms with E-state index in [1.165, 1.54) is 24.9 Å². The Labute approximate surface area is 122 Å². The summed E-state index contributed by atoms with van der Waals surface area (Å²) in [6.45, 7) is 0.248. The van der Waals surface area contributed by atoms with Gasteiger partial charge in [0.15, 0.2) is 0 Å². The quantitative estimate of drug-likeness (QED) is 0.787. The normalized spacial score (nSPS) is 19.6. The van der Waals surface area contributed by atoms with Gasteiger partial charge in [-0.05, 0) is 18.9 Å². The molecule has 0 aromatic carbocycles. The van der Waals surface area contributed by atoms with Crippen LogP contribution in [0.5, 0.6) is 0 Å². The SMILES string of the molecule is CNC(=O)C1CCCN1S(=O)(=O)c1cc(C(=O)O)n(C)c1. The van der Waals surface area contributed by atoms with Crippen LogP contribution in [0, 0.1) is 0 Å². The highest BCUT2D eigenvalue weighted by Crippen LogP contribution is 2.27. The minimum absolute atomic E-state index is 0.113. The topological polar surface area (TPSA) is 109 Å². The van der Waals surface area contributed by atoms with Crippen molar-refractivity contribution in [2.45, 2.75) is 23.8 Å². The molecular formula is C12H17N3O5S. The van der Waals surface area contributed by atoms with E-state index in [-0.39, 0.29) is 23.0 Å². The maximum atomic E-state index is 12.6. The van der Waals surface area contributed by atoms with E-state index in [0.29, 0.717) is 12.8 Å². The van der Waals surface area contributed by atoms with Crippen molar-refractivity contribution in [2.75, 3.05) is 13.6 Å². The van der Waals surface area contributed by atoms with Crippen molar-refractivity contribution in [1.29, 1.82) is 0 Å². The predicted octanol–water partition coefficient (Wildman–Crippen LogP) is -0.378. The largest absolute Gasteiger partial charge is 0.477 e. The molecule has 1 aliphatic heterocycles. The van der Waals surface area contributed by atoms with Gasteiger partial charge in [-0.15, -0.1) is 0 Å². The molecule has 21 heavy (non-hydrogen) atoms. The molecule has 1 aliphatic rings. The summed E-state index contributed by atoms with van der Waals surface area (Å²) < 4.78 is 27.6. The third kappa shape index (κ3) is 2.66. The van der Waals surface area contributed by atoms with Crippen molar-refractivity contribution in [3.63, 3.8) is 0 Å². The van der Waals surface area contributed by atoms with Crippen LogP contribution in [0.25, 0.3) is 0 Å². The molecule has 1 amide bonds. The van der Waals surface area contributed by atoms with E-state index in [2.05, 4.69) is 5.32 Å². The number of carbonyl (C=O) groups excluding carboxylic acids is 1. The van der Waals surface area contributed by atoms with Crippen molar-refractivity contribution in [2.24, 2.45) is 7.05 Å². The molecule has 0 bridgehead atoms. The summed E-state index contributed by atoms with van der Waals surface area (Å²) in [7, 11) is -0.974. The van der Waals surface area contributed by atoms with Crippen molar-refractivity contribution in [1.82, 2.24) is 14.2 Å². The van der Waals surface area contributed by atoms with Crippen molar-refractivity contribution >= 4 is 21.9 Å². The lowest BCUT2D eigenvalue weighted by molar-refractivity contribution is -0.123. The van der Waals surface area contributed by atoms with Gasteiger partial charge in [-0.1, -0.05) is 0 Å². The minimum atomic E-state index is -3.89. The highest BCUT2D eigenvalue weighted by Gasteiger charge is 2.39. The summed E-state index contributed by atoms with van der Waals surface area (Å²) in [5, 5.41) is 11.4. The Morgan fingerprint density at radius 1 is 1.43 bits per heavy atom. The average Bonchev–Trinajstić information content (AvgIpc) is 3.04. The van der Waals surface area contributed by atoms with Gasteiger partial charge in [-0.25, -0.2) is 13.2 Å². The fourth-order valence-corrected chi connectivity index (χ4v) is 4.21. The van der Waals surface area contributed by atoms with Gasteiger partial charge in [0.05, 0.1) is 0 Å². The lowest BCUT2D eigenvalue weighted by Crippen LogP contribution is -2.44. The van der Waals surface area contributed by atoms with E-state index in [1.54, 1.807) is 0 Å². The number of sulfonamides is 1. The molecule has 1 unspecified atom stereocenters. The van der Waals surface area contributed by atoms with Gasteiger partial charge in [-0.3, -0.25) is 4.79 Å². The number of carboxylic acid groups (broad SMARTS) is 1. The number of carbonyl (C=O) groups is 2. The molecule has 9 heteroatoms. The third-order valence-corrected chi connectivity index (χ3v) is 5.43. The zero-order chi connectivity index (χ0) is 15.8. The number of hydrogen-bond acceptors (Lipinski definition) is 4. The Kier molecular flexibility index (Phi) is 4.06. The molecule has 1 aromatic rings. The number of nitrogens with zero attached hydrogens (tertiary/aromatic N) is 2. The number of rotatable bonds is 4. The molecule has 2 rings (SSSR count). The molecular weight excluding hydrogens is 298 g/mol. The molecule has 0 saturated carbocycles. The van der Waals surface area contributed by atoms with Crippen LogP contribution < -0.4 is 5.32 Å². The predicted molar refractivity (Wildman–Crippen MR) is 73.4 cm³/mol. The van der Waals surface area contributed by atoms with Crippen LogP contribution >= 0.6 is 0 Å². The molecule has 1 fully saturated rings. The average molecular weight is 315 g/mol. The van der Waals surface area contributed by atoms with Crippen molar-refractivity contribution in [3.8, 4) is 0 Å². The number of likely N-dealkylation sites (N-methyl/N-ethyl adjacent to an activating group) is 1. The second-order valence-corrected chi connectivity index (χ2v) is 6.76. The van der Waals surface area contributed by atoms with Gasteiger partial charge in [0, 0.05) is 26.8 Å². The number of aryl methyl sites for hydroxylation is 1. The van der Waals surface area contributed by atoms with Gasteiger partial charge < -0.3 is 15.0 Å². The molecule has 116 valence electrons. The van der Waals surface area contributed by atoms with E-state index in [1.807, 2.05) is 0 Å². The van der Waals surface area contributed by atoms with Crippen LogP contribution in [0.3, 0.4) is 0 Å². The lowest BCUT2D eigenvalue weighted by Gasteiger charge is -2.22. The standard InChI is InChI=1S/C12H17N3O5S/c1-13-11(16)9-4-3-5-15(9)21(19,20)8-6-10(12(17)18)14(2)7-8/h6-7,9H,3-5H2,1-2H3,(H,13,16)(H,17,18). The van der Waals surface area contributed by atoms with Gasteiger partial charge in [0.1, 0.15) is 16.6 Å². The Balaban J connectivity index is 2.40. The van der Waals surface area contributed by atoms with Crippen LogP contribution in [0.1, 0.15) is 23.3 Å². The maximum absolute atomic E-state index is 12.6. The van der Waals surface area contributed by atoms with Crippen molar-refractivity contribution in [3.05, 3.63) is 18.0 Å². The Morgan fingerprint density at radius 2 is 2.10 bits per heavy atom. The van der Waals surface area contributed by atoms with Crippen molar-refractivity contribution < 1.29 is 23.1 Å². The number of nitrogens with one attached hydrogen (secondary N) is 1. The number of aromatic carboxylic acids is 1. The lowest BCUT2D eigenvalue weighted by atomic mass is 10.2. The van der Waals surface area contributed by atoms with E-state index < -0.39 is 22.0 Å². The third-order valence-electron chi connectivity index (χ3n) is 3.56. The van der Waals surface area contributed by atoms with Crippen LogP contribution in [0.4, 0.5) is 0 Å². The molecule has 1 aromatic heterocycles. The Bertz CT molecular complexity index is 679. The van der Waals surface area contributed by atoms with E-state index in [4.69, 9.17) is 5.11 Å². The first-order chi connectivity index (χ1) is 9.78. The first-order valence-electron chi connectivity index (χ1n) is 6.42. The summed E-state index contributed by atoms with van der Waals surface area (Å²) in [5.74, 6) is -1.56. The van der Waals surface area contributed by atoms with E-state index in [9.17, 15) is 18.0 Å². The molecule has 0 spiro atoms. The molecule has 1 atom stereocenters. The molecule has 1 saturated heterocycles. The fourth-order valence-electron chi connectivity index (χ4n) is 2.48. The zero-order valence-electron chi connectivity index (χ0n) is 11.7. The summed E-state index contributed by atoms with van der Waals surface area (Å²) in [5.41, 5.74) is -0.121. The number of aromatic nitrogens is 1. The smallest absolute Gasteiger partial charge is 0.352 e. The maximum Gasteiger partial charge on any atom is 0.352 e. The fraction of sp³-hybridized carbons (Fsp3) is 0.500. The molecule has 2 heterocycles. The number of amides is 1. The van der Waals surface area contributed by atoms with Crippen LogP contribution in [0.15, 0.2) is 17.2 Å². The second kappa shape index (κ2) is 5.49. The summed E-state index contributed by atoms with van der Waals surface area (Å²) in [4.78, 5) is 22.7. The van der Waals surface area contributed by atoms with Crippen LogP contribution in [0.2, 0.25) is 0 Å². The monoisotopic (exact) mass is 315 g/mol. The van der Waals surface area contributed by atoms with Gasteiger partial charge >= 0.3 is 5.97 Å². The first kappa shape index (κ1) is 15.5. The summed E-state index contributed by atoms with van der Waals surface area (Å²) >= 11 is 0. The molecule has 2 N–H and O–H groups in total. The van der Waals surface area contributed by atoms with Gasteiger partial charge in [0.25, 0.3) is 0 Å². The van der Waals surface area contributed by atoms with Gasteiger partial charge in [0.2, 0.25) is 15.9 Å². The van der Waals surface area contributed by atoms with Gasteiger partial charge in [-0.2, -0.15) is 4.31 Å². The summed E-state index contributed by atoms with van der Waals surface area (Å²) in [6, 6.07) is 0.366.